The molecule has 3 nitrogen and oxygen atoms in total. The molecule has 2 rings (SSSR count). The van der Waals surface area contributed by atoms with E-state index in [4.69, 9.17) is 4.74 Å². The summed E-state index contributed by atoms with van der Waals surface area (Å²) in [6.07, 6.45) is 0. The molecule has 0 radical (unpaired) electrons. The third-order valence-corrected chi connectivity index (χ3v) is 4.44. The molecular formula is C18H30N2O. The Hall–Kier alpha value is -0.900. The molecule has 1 fully saturated rings. The number of nitrogens with zero attached hydrogens (tertiary/aromatic N) is 1. The lowest BCUT2D eigenvalue weighted by molar-refractivity contribution is -0.0211. The van der Waals surface area contributed by atoms with Crippen LogP contribution in [-0.4, -0.2) is 43.8 Å². The second-order valence-electron chi connectivity index (χ2n) is 6.78. The van der Waals surface area contributed by atoms with Gasteiger partial charge in [-0.1, -0.05) is 51.1 Å². The molecule has 0 aliphatic carbocycles. The smallest absolute Gasteiger partial charge is 0.0619 e. The first kappa shape index (κ1) is 16.5. The van der Waals surface area contributed by atoms with E-state index in [1.165, 1.54) is 5.56 Å². The van der Waals surface area contributed by atoms with Crippen LogP contribution >= 0.6 is 0 Å². The largest absolute Gasteiger partial charge is 0.379 e. The van der Waals surface area contributed by atoms with Crippen molar-refractivity contribution in [1.29, 1.82) is 0 Å². The minimum absolute atomic E-state index is 0.170. The van der Waals surface area contributed by atoms with Gasteiger partial charge in [0.15, 0.2) is 0 Å². The fraction of sp³-hybridized carbons (Fsp3) is 0.667. The van der Waals surface area contributed by atoms with Crippen molar-refractivity contribution >= 4 is 0 Å². The maximum absolute atomic E-state index is 5.56. The zero-order valence-corrected chi connectivity index (χ0v) is 13.9. The van der Waals surface area contributed by atoms with Crippen molar-refractivity contribution in [2.75, 3.05) is 32.8 Å². The van der Waals surface area contributed by atoms with Crippen LogP contribution in [-0.2, 0) is 4.74 Å². The molecule has 2 atom stereocenters. The maximum atomic E-state index is 5.56. The van der Waals surface area contributed by atoms with Crippen molar-refractivity contribution in [3.63, 3.8) is 0 Å². The fourth-order valence-electron chi connectivity index (χ4n) is 3.31. The van der Waals surface area contributed by atoms with E-state index >= 15 is 0 Å². The van der Waals surface area contributed by atoms with Crippen molar-refractivity contribution in [3.8, 4) is 0 Å². The van der Waals surface area contributed by atoms with Gasteiger partial charge in [-0.2, -0.15) is 0 Å². The molecule has 0 bridgehead atoms. The van der Waals surface area contributed by atoms with Crippen LogP contribution in [0.3, 0.4) is 0 Å². The van der Waals surface area contributed by atoms with Crippen molar-refractivity contribution in [2.24, 2.45) is 5.41 Å². The molecule has 1 saturated heterocycles. The van der Waals surface area contributed by atoms with Crippen molar-refractivity contribution < 1.29 is 4.74 Å². The molecule has 3 heteroatoms. The summed E-state index contributed by atoms with van der Waals surface area (Å²) in [7, 11) is 0. The second kappa shape index (κ2) is 7.39. The monoisotopic (exact) mass is 290 g/mol. The molecule has 1 N–H and O–H groups in total. The highest BCUT2D eigenvalue weighted by atomic mass is 16.5. The Bertz CT molecular complexity index is 418. The van der Waals surface area contributed by atoms with Gasteiger partial charge in [-0.15, -0.1) is 0 Å². The summed E-state index contributed by atoms with van der Waals surface area (Å²) in [6.45, 7) is 14.0. The van der Waals surface area contributed by atoms with Crippen molar-refractivity contribution in [1.82, 2.24) is 10.2 Å². The molecule has 0 saturated carbocycles. The second-order valence-corrected chi connectivity index (χ2v) is 6.78. The van der Waals surface area contributed by atoms with Gasteiger partial charge in [0.1, 0.15) is 0 Å². The van der Waals surface area contributed by atoms with E-state index in [0.717, 1.165) is 32.8 Å². The van der Waals surface area contributed by atoms with Gasteiger partial charge in [-0.25, -0.2) is 0 Å². The maximum Gasteiger partial charge on any atom is 0.0619 e. The van der Waals surface area contributed by atoms with Gasteiger partial charge in [0, 0.05) is 25.2 Å². The number of hydrogen-bond donors (Lipinski definition) is 1. The van der Waals surface area contributed by atoms with Crippen LogP contribution in [0.2, 0.25) is 0 Å². The number of morpholine rings is 1. The summed E-state index contributed by atoms with van der Waals surface area (Å²) >= 11 is 0. The first-order valence-corrected chi connectivity index (χ1v) is 8.14. The van der Waals surface area contributed by atoms with Crippen LogP contribution in [0, 0.1) is 5.41 Å². The van der Waals surface area contributed by atoms with E-state index < -0.39 is 0 Å². The van der Waals surface area contributed by atoms with E-state index in [1.54, 1.807) is 0 Å². The van der Waals surface area contributed by atoms with Crippen LogP contribution < -0.4 is 5.32 Å². The summed E-state index contributed by atoms with van der Waals surface area (Å²) in [5.74, 6) is 0. The summed E-state index contributed by atoms with van der Waals surface area (Å²) in [5, 5.41) is 3.69. The number of hydrogen-bond acceptors (Lipinski definition) is 3. The first-order chi connectivity index (χ1) is 10.0. The number of nitrogens with one attached hydrogen (secondary N) is 1. The Kier molecular flexibility index (Phi) is 5.80. The lowest BCUT2D eigenvalue weighted by Crippen LogP contribution is -2.50. The molecule has 0 spiro atoms. The lowest BCUT2D eigenvalue weighted by atomic mass is 9.79. The predicted molar refractivity (Wildman–Crippen MR) is 88.5 cm³/mol. The Morgan fingerprint density at radius 3 is 2.67 bits per heavy atom. The first-order valence-electron chi connectivity index (χ1n) is 8.14. The van der Waals surface area contributed by atoms with Crippen LogP contribution in [0.4, 0.5) is 0 Å². The average molecular weight is 290 g/mol. The molecule has 1 aromatic carbocycles. The van der Waals surface area contributed by atoms with Gasteiger partial charge in [0.05, 0.1) is 13.2 Å². The molecule has 0 amide bonds. The Balaban J connectivity index is 2.13. The number of benzene rings is 1. The van der Waals surface area contributed by atoms with Crippen molar-refractivity contribution in [2.45, 2.75) is 39.8 Å². The van der Waals surface area contributed by atoms with Gasteiger partial charge in [-0.3, -0.25) is 4.90 Å². The highest BCUT2D eigenvalue weighted by Gasteiger charge is 2.34. The molecule has 118 valence electrons. The Morgan fingerprint density at radius 2 is 2.05 bits per heavy atom. The minimum atomic E-state index is 0.170. The number of rotatable bonds is 6. The van der Waals surface area contributed by atoms with E-state index in [2.05, 4.69) is 68.2 Å². The molecule has 1 aliphatic rings. The predicted octanol–water partition coefficient (Wildman–Crippen LogP) is 3.08. The molecule has 21 heavy (non-hydrogen) atoms. The van der Waals surface area contributed by atoms with E-state index in [0.29, 0.717) is 12.1 Å². The summed E-state index contributed by atoms with van der Waals surface area (Å²) < 4.78 is 5.56. The van der Waals surface area contributed by atoms with E-state index in [1.807, 2.05) is 0 Å². The fourth-order valence-corrected chi connectivity index (χ4v) is 3.31. The standard InChI is InChI=1S/C18H30N2O/c1-5-19-17(16-9-7-6-8-10-16)18(3,4)14-20-11-12-21-13-15(20)2/h6-10,15,17,19H,5,11-14H2,1-4H3. The SMILES string of the molecule is CCNC(c1ccccc1)C(C)(C)CN1CCOCC1C. The van der Waals surface area contributed by atoms with Gasteiger partial charge in [0.2, 0.25) is 0 Å². The molecule has 1 aliphatic heterocycles. The van der Waals surface area contributed by atoms with Crippen LogP contribution in [0.1, 0.15) is 39.3 Å². The van der Waals surface area contributed by atoms with Gasteiger partial charge in [-0.05, 0) is 24.4 Å². The van der Waals surface area contributed by atoms with Gasteiger partial charge in [0.25, 0.3) is 0 Å². The van der Waals surface area contributed by atoms with E-state index in [-0.39, 0.29) is 5.41 Å². The molecule has 0 aromatic heterocycles. The van der Waals surface area contributed by atoms with Crippen LogP contribution in [0.5, 0.6) is 0 Å². The Morgan fingerprint density at radius 1 is 1.33 bits per heavy atom. The molecule has 2 unspecified atom stereocenters. The Labute approximate surface area is 129 Å². The quantitative estimate of drug-likeness (QED) is 0.871. The lowest BCUT2D eigenvalue weighted by Gasteiger charge is -2.43. The van der Waals surface area contributed by atoms with Crippen molar-refractivity contribution in [3.05, 3.63) is 35.9 Å². The minimum Gasteiger partial charge on any atom is -0.379 e. The van der Waals surface area contributed by atoms with Crippen LogP contribution in [0.15, 0.2) is 30.3 Å². The summed E-state index contributed by atoms with van der Waals surface area (Å²) in [5.41, 5.74) is 1.55. The number of ether oxygens (including phenoxy) is 1. The average Bonchev–Trinajstić information content (AvgIpc) is 2.48. The van der Waals surface area contributed by atoms with Gasteiger partial charge >= 0.3 is 0 Å². The molecular weight excluding hydrogens is 260 g/mol. The molecule has 1 heterocycles. The van der Waals surface area contributed by atoms with E-state index in [9.17, 15) is 0 Å². The normalized spacial score (nSPS) is 22.2. The third-order valence-electron chi connectivity index (χ3n) is 4.44. The zero-order chi connectivity index (χ0) is 15.3. The highest BCUT2D eigenvalue weighted by Crippen LogP contribution is 2.34. The topological polar surface area (TPSA) is 24.5 Å². The zero-order valence-electron chi connectivity index (χ0n) is 13.9. The molecule has 1 aromatic rings. The third kappa shape index (κ3) is 4.29. The van der Waals surface area contributed by atoms with Gasteiger partial charge < -0.3 is 10.1 Å². The van der Waals surface area contributed by atoms with Crippen LogP contribution in [0.25, 0.3) is 0 Å². The highest BCUT2D eigenvalue weighted by molar-refractivity contribution is 5.21. The summed E-state index contributed by atoms with van der Waals surface area (Å²) in [6, 6.07) is 11.7. The summed E-state index contributed by atoms with van der Waals surface area (Å²) in [4.78, 5) is 2.57.